The zero-order chi connectivity index (χ0) is 30.2. The van der Waals surface area contributed by atoms with Crippen LogP contribution in [0.25, 0.3) is 22.8 Å². The maximum Gasteiger partial charge on any atom is 0.330 e. The fourth-order valence-electron chi connectivity index (χ4n) is 5.55. The number of pyridine rings is 1. The largest absolute Gasteiger partial charge is 0.463 e. The molecule has 1 aliphatic carbocycles. The summed E-state index contributed by atoms with van der Waals surface area (Å²) >= 11 is 0. The van der Waals surface area contributed by atoms with Crippen LogP contribution in [-0.4, -0.2) is 45.2 Å². The molecule has 9 nitrogen and oxygen atoms in total. The molecule has 2 N–H and O–H groups in total. The molecule has 1 aliphatic rings. The highest BCUT2D eigenvalue weighted by atomic mass is 16.5. The average molecular weight is 580 g/mol. The number of esters is 1. The molecule has 2 amide bonds. The summed E-state index contributed by atoms with van der Waals surface area (Å²) in [5.41, 5.74) is 3.84. The quantitative estimate of drug-likeness (QED) is 0.171. The highest BCUT2D eigenvalue weighted by Crippen LogP contribution is 2.37. The van der Waals surface area contributed by atoms with Gasteiger partial charge in [0.2, 0.25) is 5.91 Å². The molecule has 222 valence electrons. The highest BCUT2D eigenvalue weighted by molar-refractivity contribution is 5.99. The van der Waals surface area contributed by atoms with Crippen molar-refractivity contribution in [2.75, 3.05) is 11.9 Å². The number of nitrogens with zero attached hydrogens (tertiary/aromatic N) is 3. The summed E-state index contributed by atoms with van der Waals surface area (Å²) in [4.78, 5) is 41.8. The van der Waals surface area contributed by atoms with Crippen LogP contribution in [0.15, 0.2) is 72.9 Å². The minimum absolute atomic E-state index is 0.110. The van der Waals surface area contributed by atoms with Gasteiger partial charge in [-0.25, -0.2) is 14.5 Å². The van der Waals surface area contributed by atoms with Crippen molar-refractivity contribution in [1.29, 1.82) is 0 Å². The summed E-state index contributed by atoms with van der Waals surface area (Å²) in [6, 6.07) is 18.2. The van der Waals surface area contributed by atoms with Gasteiger partial charge in [0.25, 0.3) is 5.91 Å². The predicted molar refractivity (Wildman–Crippen MR) is 167 cm³/mol. The van der Waals surface area contributed by atoms with Crippen LogP contribution in [0.5, 0.6) is 0 Å². The molecule has 1 saturated carbocycles. The fourth-order valence-corrected chi connectivity index (χ4v) is 5.55. The Hall–Kier alpha value is -4.79. The second-order valence-electron chi connectivity index (χ2n) is 10.9. The third-order valence-electron chi connectivity index (χ3n) is 7.59. The number of carbonyl (C=O) groups excluding carboxylic acids is 3. The van der Waals surface area contributed by atoms with E-state index in [0.29, 0.717) is 23.8 Å². The number of nitrogens with one attached hydrogen (secondary N) is 2. The Morgan fingerprint density at radius 2 is 1.84 bits per heavy atom. The first-order valence-corrected chi connectivity index (χ1v) is 14.9. The predicted octanol–water partition coefficient (Wildman–Crippen LogP) is 6.19. The number of ether oxygens (including phenoxy) is 1. The summed E-state index contributed by atoms with van der Waals surface area (Å²) in [6.45, 7) is 3.87. The first-order chi connectivity index (χ1) is 20.9. The lowest BCUT2D eigenvalue weighted by Gasteiger charge is -2.22. The first-order valence-electron chi connectivity index (χ1n) is 14.9. The minimum Gasteiger partial charge on any atom is -0.463 e. The van der Waals surface area contributed by atoms with Crippen molar-refractivity contribution in [3.05, 3.63) is 89.8 Å². The number of aromatic nitrogens is 3. The summed E-state index contributed by atoms with van der Waals surface area (Å²) in [6.07, 6.45) is 10.8. The van der Waals surface area contributed by atoms with E-state index < -0.39 is 5.97 Å². The highest BCUT2D eigenvalue weighted by Gasteiger charge is 2.25. The molecule has 2 aromatic carbocycles. The van der Waals surface area contributed by atoms with Crippen molar-refractivity contribution in [3.8, 4) is 5.82 Å². The monoisotopic (exact) mass is 579 g/mol. The number of rotatable bonds is 10. The van der Waals surface area contributed by atoms with Crippen molar-refractivity contribution in [1.82, 2.24) is 20.1 Å². The molecule has 43 heavy (non-hydrogen) atoms. The van der Waals surface area contributed by atoms with E-state index in [2.05, 4.69) is 15.6 Å². The van der Waals surface area contributed by atoms with Crippen molar-refractivity contribution in [2.24, 2.45) is 0 Å². The number of fused-ring (bicyclic) bond motifs is 1. The fraction of sp³-hybridized carbons (Fsp3) is 0.324. The second kappa shape index (κ2) is 13.9. The van der Waals surface area contributed by atoms with Crippen molar-refractivity contribution < 1.29 is 19.1 Å². The van der Waals surface area contributed by atoms with E-state index in [1.807, 2.05) is 41.1 Å². The summed E-state index contributed by atoms with van der Waals surface area (Å²) in [5.74, 6) is 0.291. The van der Waals surface area contributed by atoms with Crippen LogP contribution in [0, 0.1) is 0 Å². The summed E-state index contributed by atoms with van der Waals surface area (Å²) in [5, 5.41) is 11.7. The third-order valence-corrected chi connectivity index (χ3v) is 7.59. The molecule has 0 spiro atoms. The van der Waals surface area contributed by atoms with Crippen LogP contribution >= 0.6 is 0 Å². The third kappa shape index (κ3) is 7.54. The molecule has 9 heteroatoms. The van der Waals surface area contributed by atoms with Gasteiger partial charge in [0.05, 0.1) is 17.8 Å². The van der Waals surface area contributed by atoms with Gasteiger partial charge >= 0.3 is 5.97 Å². The molecule has 0 aliphatic heterocycles. The molecule has 0 saturated heterocycles. The molecular weight excluding hydrogens is 542 g/mol. The van der Waals surface area contributed by atoms with Crippen LogP contribution in [0.3, 0.4) is 0 Å². The Labute approximate surface area is 251 Å². The molecule has 4 aromatic rings. The standard InChI is InChI=1S/C34H37N5O4/c1-3-43-32(41)19-14-24-12-16-27(17-13-24)37-31(40)21-23(2)36-34(42)26-15-18-28-29(22-26)38-39(30-11-7-8-20-35-30)33(28)25-9-5-4-6-10-25/h7-8,11-20,22-23,25H,3-6,9-10,21H2,1-2H3,(H,36,42)(H,37,40)/b19-14+/t23-/m1/s1. The summed E-state index contributed by atoms with van der Waals surface area (Å²) in [7, 11) is 0. The molecule has 1 atom stereocenters. The van der Waals surface area contributed by atoms with Crippen LogP contribution in [0.2, 0.25) is 0 Å². The SMILES string of the molecule is CCOC(=O)/C=C/c1ccc(NC(=O)C[C@@H](C)NC(=O)c2ccc3c(C4CCCCC4)n(-c4ccccn4)nc3c2)cc1. The average Bonchev–Trinajstić information content (AvgIpc) is 3.40. The second-order valence-corrected chi connectivity index (χ2v) is 10.9. The Morgan fingerprint density at radius 3 is 2.56 bits per heavy atom. The van der Waals surface area contributed by atoms with E-state index in [0.717, 1.165) is 40.8 Å². The molecule has 0 radical (unpaired) electrons. The normalized spacial score (nSPS) is 14.5. The molecule has 5 rings (SSSR count). The molecule has 2 heterocycles. The first kappa shape index (κ1) is 29.7. The van der Waals surface area contributed by atoms with Gasteiger partial charge in [-0.05, 0) is 74.7 Å². The van der Waals surface area contributed by atoms with Crippen LogP contribution in [0.4, 0.5) is 5.69 Å². The van der Waals surface area contributed by atoms with Crippen molar-refractivity contribution in [2.45, 2.75) is 64.3 Å². The van der Waals surface area contributed by atoms with Gasteiger partial charge in [-0.3, -0.25) is 9.59 Å². The molecule has 0 bridgehead atoms. The van der Waals surface area contributed by atoms with Crippen molar-refractivity contribution in [3.63, 3.8) is 0 Å². The number of hydrogen-bond donors (Lipinski definition) is 2. The zero-order valence-corrected chi connectivity index (χ0v) is 24.6. The number of amides is 2. The van der Waals surface area contributed by atoms with E-state index in [1.165, 1.54) is 25.3 Å². The maximum atomic E-state index is 13.2. The molecular formula is C34H37N5O4. The van der Waals surface area contributed by atoms with Gasteiger partial charge in [0.1, 0.15) is 0 Å². The van der Waals surface area contributed by atoms with Crippen molar-refractivity contribution >= 4 is 40.4 Å². The lowest BCUT2D eigenvalue weighted by molar-refractivity contribution is -0.137. The Bertz CT molecular complexity index is 1610. The van der Waals surface area contributed by atoms with E-state index >= 15 is 0 Å². The molecule has 1 fully saturated rings. The zero-order valence-electron chi connectivity index (χ0n) is 24.6. The molecule has 0 unspecified atom stereocenters. The van der Waals surface area contributed by atoms with Crippen LogP contribution in [-0.2, 0) is 14.3 Å². The lowest BCUT2D eigenvalue weighted by atomic mass is 9.85. The minimum atomic E-state index is -0.404. The Morgan fingerprint density at radius 1 is 1.05 bits per heavy atom. The van der Waals surface area contributed by atoms with Gasteiger partial charge < -0.3 is 15.4 Å². The molecule has 2 aromatic heterocycles. The number of benzene rings is 2. The Balaban J connectivity index is 1.23. The van der Waals surface area contributed by atoms with Gasteiger partial charge in [-0.1, -0.05) is 43.5 Å². The summed E-state index contributed by atoms with van der Waals surface area (Å²) < 4.78 is 6.82. The van der Waals surface area contributed by atoms with Gasteiger partial charge in [0.15, 0.2) is 5.82 Å². The number of carbonyl (C=O) groups is 3. The van der Waals surface area contributed by atoms with E-state index in [9.17, 15) is 14.4 Å². The lowest BCUT2D eigenvalue weighted by Crippen LogP contribution is -2.35. The van der Waals surface area contributed by atoms with E-state index in [4.69, 9.17) is 9.84 Å². The van der Waals surface area contributed by atoms with E-state index in [1.54, 1.807) is 50.4 Å². The van der Waals surface area contributed by atoms with Gasteiger partial charge in [-0.15, -0.1) is 0 Å². The Kier molecular flexibility index (Phi) is 9.61. The topological polar surface area (TPSA) is 115 Å². The smallest absolute Gasteiger partial charge is 0.330 e. The van der Waals surface area contributed by atoms with Gasteiger partial charge in [0, 0.05) is 47.3 Å². The maximum absolute atomic E-state index is 13.2. The van der Waals surface area contributed by atoms with Gasteiger partial charge in [-0.2, -0.15) is 5.10 Å². The van der Waals surface area contributed by atoms with Crippen LogP contribution in [0.1, 0.15) is 79.9 Å². The number of hydrogen-bond acceptors (Lipinski definition) is 6. The van der Waals surface area contributed by atoms with Crippen LogP contribution < -0.4 is 10.6 Å². The number of anilines is 1. The van der Waals surface area contributed by atoms with E-state index in [-0.39, 0.29) is 24.3 Å².